The highest BCUT2D eigenvalue weighted by atomic mass is 16.6. The van der Waals surface area contributed by atoms with Crippen LogP contribution >= 0.6 is 0 Å². The van der Waals surface area contributed by atoms with Gasteiger partial charge in [-0.2, -0.15) is 5.26 Å². The summed E-state index contributed by atoms with van der Waals surface area (Å²) < 4.78 is 5.54. The molecular formula is C20H23N5O3. The second-order valence-corrected chi connectivity index (χ2v) is 6.03. The number of nitrogens with zero attached hydrogens (tertiary/aromatic N) is 4. The number of non-ortho nitro benzene ring substituents is 1. The number of nitro groups is 1. The maximum Gasteiger partial charge on any atom is 0.273 e. The van der Waals surface area contributed by atoms with Crippen molar-refractivity contribution in [3.05, 3.63) is 64.7 Å². The van der Waals surface area contributed by atoms with Crippen LogP contribution in [0.4, 0.5) is 11.4 Å². The lowest BCUT2D eigenvalue weighted by atomic mass is 10.2. The number of guanidine groups is 1. The molecule has 146 valence electrons. The summed E-state index contributed by atoms with van der Waals surface area (Å²) >= 11 is 0. The van der Waals surface area contributed by atoms with Crippen LogP contribution in [0.5, 0.6) is 5.75 Å². The van der Waals surface area contributed by atoms with Crippen molar-refractivity contribution < 1.29 is 9.66 Å². The molecule has 0 aliphatic rings. The third-order valence-corrected chi connectivity index (χ3v) is 3.97. The predicted molar refractivity (Wildman–Crippen MR) is 108 cm³/mol. The van der Waals surface area contributed by atoms with Crippen molar-refractivity contribution >= 4 is 17.3 Å². The van der Waals surface area contributed by atoms with E-state index < -0.39 is 4.92 Å². The molecule has 28 heavy (non-hydrogen) atoms. The Morgan fingerprint density at radius 2 is 1.89 bits per heavy atom. The van der Waals surface area contributed by atoms with Crippen LogP contribution in [0.3, 0.4) is 0 Å². The van der Waals surface area contributed by atoms with Gasteiger partial charge in [0.15, 0.2) is 6.19 Å². The molecule has 0 saturated heterocycles. The van der Waals surface area contributed by atoms with Gasteiger partial charge in [0.05, 0.1) is 23.3 Å². The molecule has 0 atom stereocenters. The van der Waals surface area contributed by atoms with Crippen LogP contribution in [0.15, 0.2) is 59.6 Å². The summed E-state index contributed by atoms with van der Waals surface area (Å²) in [5.41, 5.74) is 6.61. The number of nitro benzene ring substituents is 1. The van der Waals surface area contributed by atoms with E-state index in [1.54, 1.807) is 24.3 Å². The number of ether oxygens (including phenoxy) is 1. The first kappa shape index (κ1) is 20.7. The minimum absolute atomic E-state index is 0.0230. The number of hydrogen-bond donors (Lipinski definition) is 1. The number of hydrogen-bond acceptors (Lipinski definition) is 5. The molecule has 0 amide bonds. The Morgan fingerprint density at radius 3 is 2.61 bits per heavy atom. The molecule has 8 nitrogen and oxygen atoms in total. The van der Waals surface area contributed by atoms with Crippen molar-refractivity contribution in [1.29, 1.82) is 5.26 Å². The Bertz CT molecular complexity index is 833. The number of anilines is 1. The fourth-order valence-electron chi connectivity index (χ4n) is 2.53. The smallest absolute Gasteiger partial charge is 0.273 e. The van der Waals surface area contributed by atoms with Crippen LogP contribution in [0.1, 0.15) is 25.7 Å². The average Bonchev–Trinajstić information content (AvgIpc) is 2.71. The molecule has 8 heteroatoms. The molecule has 0 aliphatic carbocycles. The average molecular weight is 381 g/mol. The monoisotopic (exact) mass is 381 g/mol. The largest absolute Gasteiger partial charge is 0.493 e. The molecule has 0 radical (unpaired) electrons. The first-order valence-electron chi connectivity index (χ1n) is 9.04. The minimum Gasteiger partial charge on any atom is -0.493 e. The van der Waals surface area contributed by atoms with E-state index in [0.717, 1.165) is 25.7 Å². The second kappa shape index (κ2) is 11.2. The van der Waals surface area contributed by atoms with Crippen LogP contribution in [0.2, 0.25) is 0 Å². The Hall–Kier alpha value is -3.60. The molecule has 0 fully saturated rings. The summed E-state index contributed by atoms with van der Waals surface area (Å²) in [7, 11) is 0. The normalized spacial score (nSPS) is 10.9. The Morgan fingerprint density at radius 1 is 1.14 bits per heavy atom. The maximum atomic E-state index is 10.7. The van der Waals surface area contributed by atoms with Crippen molar-refractivity contribution in [1.82, 2.24) is 0 Å². The van der Waals surface area contributed by atoms with E-state index in [2.05, 4.69) is 4.99 Å². The molecule has 2 aromatic rings. The topological polar surface area (TPSA) is 118 Å². The van der Waals surface area contributed by atoms with E-state index in [1.165, 1.54) is 17.0 Å². The molecule has 0 aromatic heterocycles. The first-order valence-corrected chi connectivity index (χ1v) is 9.04. The number of benzene rings is 2. The molecule has 2 N–H and O–H groups in total. The van der Waals surface area contributed by atoms with Crippen LogP contribution < -0.4 is 15.4 Å². The van der Waals surface area contributed by atoms with Crippen molar-refractivity contribution in [2.24, 2.45) is 10.7 Å². The number of para-hydroxylation sites is 1. The van der Waals surface area contributed by atoms with Gasteiger partial charge in [0.1, 0.15) is 5.75 Å². The highest BCUT2D eigenvalue weighted by molar-refractivity contribution is 5.97. The van der Waals surface area contributed by atoms with Crippen LogP contribution in [-0.2, 0) is 0 Å². The summed E-state index contributed by atoms with van der Waals surface area (Å²) in [6.45, 7) is 1.05. The van der Waals surface area contributed by atoms with Gasteiger partial charge in [0.25, 0.3) is 5.69 Å². The summed E-state index contributed by atoms with van der Waals surface area (Å²) in [4.78, 5) is 15.9. The number of aliphatic imine (C=N–C) groups is 1. The lowest BCUT2D eigenvalue weighted by Gasteiger charge is -2.14. The highest BCUT2D eigenvalue weighted by Crippen LogP contribution is 2.19. The number of rotatable bonds is 10. The van der Waals surface area contributed by atoms with Gasteiger partial charge in [0.2, 0.25) is 5.96 Å². The van der Waals surface area contributed by atoms with Gasteiger partial charge in [-0.3, -0.25) is 15.1 Å². The van der Waals surface area contributed by atoms with Crippen LogP contribution in [0, 0.1) is 21.6 Å². The van der Waals surface area contributed by atoms with Gasteiger partial charge in [0, 0.05) is 12.6 Å². The molecule has 2 aromatic carbocycles. The Labute approximate surface area is 164 Å². The van der Waals surface area contributed by atoms with Crippen molar-refractivity contribution in [2.45, 2.75) is 25.7 Å². The number of nitrogens with two attached hydrogens (primary N) is 1. The van der Waals surface area contributed by atoms with Gasteiger partial charge in [-0.15, -0.1) is 0 Å². The predicted octanol–water partition coefficient (Wildman–Crippen LogP) is 3.84. The van der Waals surface area contributed by atoms with E-state index in [4.69, 9.17) is 10.5 Å². The van der Waals surface area contributed by atoms with Gasteiger partial charge in [-0.1, -0.05) is 30.7 Å². The van der Waals surface area contributed by atoms with E-state index in [9.17, 15) is 15.4 Å². The van der Waals surface area contributed by atoms with E-state index in [1.807, 2.05) is 24.4 Å². The quantitative estimate of drug-likeness (QED) is 0.127. The van der Waals surface area contributed by atoms with Gasteiger partial charge in [-0.05, 0) is 37.5 Å². The van der Waals surface area contributed by atoms with Gasteiger partial charge >= 0.3 is 0 Å². The summed E-state index contributed by atoms with van der Waals surface area (Å²) in [6.07, 6.45) is 5.63. The van der Waals surface area contributed by atoms with E-state index in [0.29, 0.717) is 24.6 Å². The van der Waals surface area contributed by atoms with Crippen molar-refractivity contribution in [3.8, 4) is 11.9 Å². The van der Waals surface area contributed by atoms with Crippen molar-refractivity contribution in [3.63, 3.8) is 0 Å². The molecule has 0 heterocycles. The first-order chi connectivity index (χ1) is 13.6. The molecule has 0 aliphatic heterocycles. The Balaban J connectivity index is 1.64. The zero-order valence-corrected chi connectivity index (χ0v) is 15.5. The lowest BCUT2D eigenvalue weighted by molar-refractivity contribution is -0.384. The fourth-order valence-corrected chi connectivity index (χ4v) is 2.53. The third-order valence-electron chi connectivity index (χ3n) is 3.97. The summed E-state index contributed by atoms with van der Waals surface area (Å²) in [5.74, 6) is 0.687. The van der Waals surface area contributed by atoms with Crippen LogP contribution in [0.25, 0.3) is 0 Å². The maximum absolute atomic E-state index is 10.7. The summed E-state index contributed by atoms with van der Waals surface area (Å²) in [5, 5.41) is 20.0. The molecule has 0 saturated carbocycles. The molecular weight excluding hydrogens is 358 g/mol. The lowest BCUT2D eigenvalue weighted by Crippen LogP contribution is -2.33. The highest BCUT2D eigenvalue weighted by Gasteiger charge is 2.09. The third kappa shape index (κ3) is 6.61. The van der Waals surface area contributed by atoms with Crippen LogP contribution in [-0.4, -0.2) is 24.0 Å². The second-order valence-electron chi connectivity index (χ2n) is 6.03. The molecule has 0 spiro atoms. The minimum atomic E-state index is -0.440. The van der Waals surface area contributed by atoms with E-state index in [-0.39, 0.29) is 11.6 Å². The molecule has 2 rings (SSSR count). The van der Waals surface area contributed by atoms with Crippen molar-refractivity contribution in [2.75, 3.05) is 18.1 Å². The standard InChI is InChI=1S/C20H23N5O3/c21-16-24(17-9-4-3-5-10-17)20(22)23-13-6-1-2-7-14-28-19-12-8-11-18(15-19)25(26)27/h3-5,8-12,15H,1-2,6-7,13-14H2,(H2,22,23). The van der Waals surface area contributed by atoms with Gasteiger partial charge in [-0.25, -0.2) is 4.90 Å². The van der Waals surface area contributed by atoms with E-state index >= 15 is 0 Å². The molecule has 0 bridgehead atoms. The molecule has 0 unspecified atom stereocenters. The Kier molecular flexibility index (Phi) is 8.27. The number of unbranched alkanes of at least 4 members (excludes halogenated alkanes) is 3. The van der Waals surface area contributed by atoms with Gasteiger partial charge < -0.3 is 10.5 Å². The zero-order valence-electron chi connectivity index (χ0n) is 15.5. The summed E-state index contributed by atoms with van der Waals surface area (Å²) in [6, 6.07) is 15.3. The fraction of sp³-hybridized carbons (Fsp3) is 0.300. The SMILES string of the molecule is N#CN(C(N)=NCCCCCCOc1cccc([N+](=O)[O-])c1)c1ccccc1. The zero-order chi connectivity index (χ0) is 20.2. The number of nitriles is 1.